The average molecular weight is 306 g/mol. The second-order valence-corrected chi connectivity index (χ2v) is 6.29. The highest BCUT2D eigenvalue weighted by atomic mass is 16.1. The molecule has 1 saturated heterocycles. The molecule has 1 aromatic rings. The van der Waals surface area contributed by atoms with Gasteiger partial charge < -0.3 is 10.2 Å². The molecule has 0 unspecified atom stereocenters. The number of nitrogens with one attached hydrogen (secondary N) is 1. The maximum absolute atomic E-state index is 11.1. The number of carbonyl (C=O) groups excluding carboxylic acids is 1. The van der Waals surface area contributed by atoms with Gasteiger partial charge in [0.15, 0.2) is 0 Å². The van der Waals surface area contributed by atoms with Crippen molar-refractivity contribution in [2.45, 2.75) is 45.8 Å². The summed E-state index contributed by atoms with van der Waals surface area (Å²) in [7, 11) is 0. The second kappa shape index (κ2) is 7.19. The van der Waals surface area contributed by atoms with Crippen LogP contribution in [0.15, 0.2) is 0 Å². The van der Waals surface area contributed by atoms with E-state index in [2.05, 4.69) is 25.4 Å². The number of fused-ring (bicyclic) bond motifs is 1. The smallest absolute Gasteiger partial charge is 0.217 e. The summed E-state index contributed by atoms with van der Waals surface area (Å²) < 4.78 is 2.01. The Hall–Kier alpha value is -1.47. The molecule has 7 heteroatoms. The lowest BCUT2D eigenvalue weighted by atomic mass is 10.3. The van der Waals surface area contributed by atoms with Gasteiger partial charge in [-0.2, -0.15) is 0 Å². The molecule has 2 aliphatic rings. The van der Waals surface area contributed by atoms with Crippen molar-refractivity contribution in [3.63, 3.8) is 0 Å². The van der Waals surface area contributed by atoms with Gasteiger partial charge in [-0.3, -0.25) is 9.69 Å². The Morgan fingerprint density at radius 2 is 1.82 bits per heavy atom. The molecule has 22 heavy (non-hydrogen) atoms. The predicted molar refractivity (Wildman–Crippen MR) is 83.1 cm³/mol. The van der Waals surface area contributed by atoms with E-state index in [0.29, 0.717) is 6.54 Å². The van der Waals surface area contributed by atoms with Crippen LogP contribution in [-0.4, -0.2) is 63.4 Å². The maximum atomic E-state index is 11.1. The number of hydrogen-bond donors (Lipinski definition) is 1. The van der Waals surface area contributed by atoms with E-state index in [9.17, 15) is 4.79 Å². The monoisotopic (exact) mass is 306 g/mol. The number of aromatic nitrogens is 3. The average Bonchev–Trinajstić information content (AvgIpc) is 3.09. The van der Waals surface area contributed by atoms with Gasteiger partial charge in [0.2, 0.25) is 5.91 Å². The first kappa shape index (κ1) is 15.4. The van der Waals surface area contributed by atoms with Crippen molar-refractivity contribution in [1.82, 2.24) is 30.1 Å². The van der Waals surface area contributed by atoms with Crippen LogP contribution in [0, 0.1) is 0 Å². The van der Waals surface area contributed by atoms with Crippen LogP contribution in [0.25, 0.3) is 0 Å². The normalized spacial score (nSPS) is 19.9. The van der Waals surface area contributed by atoms with Crippen LogP contribution in [0.5, 0.6) is 0 Å². The summed E-state index contributed by atoms with van der Waals surface area (Å²) in [6.45, 7) is 9.68. The van der Waals surface area contributed by atoms with E-state index in [1.54, 1.807) is 0 Å². The Morgan fingerprint density at radius 3 is 2.59 bits per heavy atom. The van der Waals surface area contributed by atoms with Crippen LogP contribution in [-0.2, 0) is 24.4 Å². The van der Waals surface area contributed by atoms with Crippen LogP contribution < -0.4 is 5.32 Å². The molecular weight excluding hydrogens is 280 g/mol. The second-order valence-electron chi connectivity index (χ2n) is 6.29. The Balaban J connectivity index is 1.60. The van der Waals surface area contributed by atoms with E-state index in [-0.39, 0.29) is 5.91 Å². The van der Waals surface area contributed by atoms with Crippen molar-refractivity contribution in [2.75, 3.05) is 32.7 Å². The molecule has 2 aliphatic heterocycles. The summed E-state index contributed by atoms with van der Waals surface area (Å²) >= 11 is 0. The molecule has 1 fully saturated rings. The van der Waals surface area contributed by atoms with Crippen molar-refractivity contribution < 1.29 is 4.79 Å². The summed E-state index contributed by atoms with van der Waals surface area (Å²) in [5.41, 5.74) is 2.07. The summed E-state index contributed by atoms with van der Waals surface area (Å²) in [4.78, 5) is 16.2. The topological polar surface area (TPSA) is 66.3 Å². The highest BCUT2D eigenvalue weighted by Gasteiger charge is 2.21. The SMILES string of the molecule is CC(=O)NCc1nnn2c1CN(CCN1CCCC1)CCC2. The van der Waals surface area contributed by atoms with Gasteiger partial charge in [0.05, 0.1) is 12.2 Å². The first-order chi connectivity index (χ1) is 10.7. The van der Waals surface area contributed by atoms with Crippen LogP contribution in [0.3, 0.4) is 0 Å². The summed E-state index contributed by atoms with van der Waals surface area (Å²) in [6, 6.07) is 0. The third-order valence-electron chi connectivity index (χ3n) is 4.57. The van der Waals surface area contributed by atoms with Crippen LogP contribution in [0.1, 0.15) is 37.6 Å². The van der Waals surface area contributed by atoms with Gasteiger partial charge in [-0.25, -0.2) is 4.68 Å². The first-order valence-corrected chi connectivity index (χ1v) is 8.33. The number of amides is 1. The molecule has 0 aromatic carbocycles. The quantitative estimate of drug-likeness (QED) is 0.843. The molecule has 7 nitrogen and oxygen atoms in total. The Morgan fingerprint density at radius 1 is 1.09 bits per heavy atom. The molecular formula is C15H26N6O. The minimum absolute atomic E-state index is 0.0266. The first-order valence-electron chi connectivity index (χ1n) is 8.33. The number of nitrogens with zero attached hydrogens (tertiary/aromatic N) is 5. The lowest BCUT2D eigenvalue weighted by Gasteiger charge is -2.23. The number of aryl methyl sites for hydroxylation is 1. The fraction of sp³-hybridized carbons (Fsp3) is 0.800. The molecule has 3 rings (SSSR count). The zero-order chi connectivity index (χ0) is 15.4. The molecule has 0 bridgehead atoms. The molecule has 1 aromatic heterocycles. The van der Waals surface area contributed by atoms with Gasteiger partial charge in [-0.1, -0.05) is 5.21 Å². The van der Waals surface area contributed by atoms with Crippen molar-refractivity contribution in [3.8, 4) is 0 Å². The van der Waals surface area contributed by atoms with Gasteiger partial charge in [0, 0.05) is 39.6 Å². The maximum Gasteiger partial charge on any atom is 0.217 e. The zero-order valence-corrected chi connectivity index (χ0v) is 13.4. The predicted octanol–water partition coefficient (Wildman–Crippen LogP) is 0.216. The highest BCUT2D eigenvalue weighted by Crippen LogP contribution is 2.15. The van der Waals surface area contributed by atoms with Gasteiger partial charge in [-0.15, -0.1) is 5.10 Å². The molecule has 0 radical (unpaired) electrons. The number of carbonyl (C=O) groups is 1. The standard InChI is InChI=1S/C15H26N6O/c1-13(22)16-11-14-15-12-20(7-4-8-21(15)18-17-14)10-9-19-5-2-3-6-19/h2-12H2,1H3,(H,16,22). The van der Waals surface area contributed by atoms with Crippen LogP contribution in [0.4, 0.5) is 0 Å². The van der Waals surface area contributed by atoms with E-state index in [0.717, 1.165) is 50.5 Å². The lowest BCUT2D eigenvalue weighted by molar-refractivity contribution is -0.119. The van der Waals surface area contributed by atoms with Crippen molar-refractivity contribution in [2.24, 2.45) is 0 Å². The van der Waals surface area contributed by atoms with E-state index in [4.69, 9.17) is 0 Å². The third kappa shape index (κ3) is 3.84. The molecule has 0 spiro atoms. The van der Waals surface area contributed by atoms with Crippen molar-refractivity contribution in [1.29, 1.82) is 0 Å². The van der Waals surface area contributed by atoms with Gasteiger partial charge >= 0.3 is 0 Å². The van der Waals surface area contributed by atoms with Gasteiger partial charge in [-0.05, 0) is 32.4 Å². The van der Waals surface area contributed by atoms with Crippen molar-refractivity contribution in [3.05, 3.63) is 11.4 Å². The van der Waals surface area contributed by atoms with E-state index < -0.39 is 0 Å². The molecule has 0 atom stereocenters. The van der Waals surface area contributed by atoms with Crippen molar-refractivity contribution >= 4 is 5.91 Å². The zero-order valence-electron chi connectivity index (χ0n) is 13.4. The summed E-state index contributed by atoms with van der Waals surface area (Å²) in [5.74, 6) is -0.0266. The molecule has 3 heterocycles. The fourth-order valence-electron chi connectivity index (χ4n) is 3.28. The summed E-state index contributed by atoms with van der Waals surface area (Å²) in [5, 5.41) is 11.3. The minimum Gasteiger partial charge on any atom is -0.351 e. The van der Waals surface area contributed by atoms with E-state index in [1.165, 1.54) is 32.9 Å². The molecule has 1 N–H and O–H groups in total. The Kier molecular flexibility index (Phi) is 5.04. The highest BCUT2D eigenvalue weighted by molar-refractivity contribution is 5.72. The molecule has 0 saturated carbocycles. The summed E-state index contributed by atoms with van der Waals surface area (Å²) in [6.07, 6.45) is 3.80. The number of rotatable bonds is 5. The lowest BCUT2D eigenvalue weighted by Crippen LogP contribution is -2.34. The van der Waals surface area contributed by atoms with Crippen LogP contribution >= 0.6 is 0 Å². The van der Waals surface area contributed by atoms with Gasteiger partial charge in [0.25, 0.3) is 0 Å². The molecule has 1 amide bonds. The van der Waals surface area contributed by atoms with E-state index >= 15 is 0 Å². The largest absolute Gasteiger partial charge is 0.351 e. The van der Waals surface area contributed by atoms with Crippen LogP contribution in [0.2, 0.25) is 0 Å². The fourth-order valence-corrected chi connectivity index (χ4v) is 3.28. The minimum atomic E-state index is -0.0266. The Labute approximate surface area is 131 Å². The Bertz CT molecular complexity index is 508. The molecule has 122 valence electrons. The van der Waals surface area contributed by atoms with Gasteiger partial charge in [0.1, 0.15) is 5.69 Å². The third-order valence-corrected chi connectivity index (χ3v) is 4.57. The number of likely N-dealkylation sites (tertiary alicyclic amines) is 1. The van der Waals surface area contributed by atoms with E-state index in [1.807, 2.05) is 4.68 Å². The number of hydrogen-bond acceptors (Lipinski definition) is 5. The molecule has 0 aliphatic carbocycles.